The number of nitrogens with zero attached hydrogens (tertiary/aromatic N) is 2. The van der Waals surface area contributed by atoms with Crippen LogP contribution in [0.4, 0.5) is 4.39 Å². The average Bonchev–Trinajstić information content (AvgIpc) is 3.04. The molecule has 0 N–H and O–H groups in total. The number of hydrogen-bond acceptors (Lipinski definition) is 3. The molecule has 5 nitrogen and oxygen atoms in total. The lowest BCUT2D eigenvalue weighted by Gasteiger charge is -2.31. The van der Waals surface area contributed by atoms with Crippen LogP contribution in [0.2, 0.25) is 0 Å². The number of halogens is 1. The second-order valence-electron chi connectivity index (χ2n) is 7.91. The van der Waals surface area contributed by atoms with Crippen LogP contribution in [0.1, 0.15) is 44.1 Å². The van der Waals surface area contributed by atoms with E-state index in [9.17, 15) is 18.8 Å². The fraction of sp³-hybridized carbons (Fsp3) is 0.550. The number of likely N-dealkylation sites (N-methyl/N-ethyl adjacent to an activating group) is 1. The van der Waals surface area contributed by atoms with E-state index in [1.807, 2.05) is 4.90 Å². The first-order valence-electron chi connectivity index (χ1n) is 9.28. The molecular formula is C20H23FN2O3. The predicted octanol–water partition coefficient (Wildman–Crippen LogP) is 2.24. The molecule has 3 fully saturated rings. The number of likely N-dealkylation sites (tertiary alicyclic amines) is 2. The van der Waals surface area contributed by atoms with Gasteiger partial charge >= 0.3 is 0 Å². The van der Waals surface area contributed by atoms with Crippen molar-refractivity contribution in [2.75, 3.05) is 13.6 Å². The highest BCUT2D eigenvalue weighted by molar-refractivity contribution is 6.10. The Hall–Kier alpha value is -2.24. The number of fused-ring (bicyclic) bond motifs is 2. The van der Waals surface area contributed by atoms with E-state index in [4.69, 9.17) is 0 Å². The van der Waals surface area contributed by atoms with Crippen molar-refractivity contribution in [3.8, 4) is 0 Å². The third-order valence-corrected chi connectivity index (χ3v) is 6.35. The quantitative estimate of drug-likeness (QED) is 0.779. The Kier molecular flexibility index (Phi) is 4.09. The molecule has 1 saturated carbocycles. The molecule has 2 bridgehead atoms. The Labute approximate surface area is 152 Å². The molecule has 3 aliphatic rings. The minimum absolute atomic E-state index is 0.140. The molecule has 3 atom stereocenters. The topological polar surface area (TPSA) is 57.7 Å². The highest BCUT2D eigenvalue weighted by Gasteiger charge is 2.54. The summed E-state index contributed by atoms with van der Waals surface area (Å²) in [7, 11) is 1.40. The van der Waals surface area contributed by atoms with Crippen LogP contribution in [-0.4, -0.2) is 47.2 Å². The van der Waals surface area contributed by atoms with Crippen molar-refractivity contribution in [2.24, 2.45) is 5.92 Å². The van der Waals surface area contributed by atoms with Gasteiger partial charge in [0, 0.05) is 38.0 Å². The van der Waals surface area contributed by atoms with Gasteiger partial charge in [-0.3, -0.25) is 19.3 Å². The second kappa shape index (κ2) is 6.18. The Balaban J connectivity index is 1.69. The molecule has 1 aliphatic carbocycles. The number of carbonyl (C=O) groups is 3. The summed E-state index contributed by atoms with van der Waals surface area (Å²) in [6, 6.07) is 6.21. The third-order valence-electron chi connectivity index (χ3n) is 6.35. The van der Waals surface area contributed by atoms with Crippen LogP contribution in [0, 0.1) is 11.7 Å². The first kappa shape index (κ1) is 17.2. The monoisotopic (exact) mass is 358 g/mol. The van der Waals surface area contributed by atoms with Gasteiger partial charge in [-0.2, -0.15) is 0 Å². The van der Waals surface area contributed by atoms with Crippen molar-refractivity contribution in [3.05, 3.63) is 35.6 Å². The van der Waals surface area contributed by atoms with Crippen molar-refractivity contribution in [3.63, 3.8) is 0 Å². The van der Waals surface area contributed by atoms with E-state index in [2.05, 4.69) is 0 Å². The Morgan fingerprint density at radius 3 is 2.69 bits per heavy atom. The molecule has 26 heavy (non-hydrogen) atoms. The van der Waals surface area contributed by atoms with Gasteiger partial charge in [-0.1, -0.05) is 24.6 Å². The summed E-state index contributed by atoms with van der Waals surface area (Å²) < 4.78 is 14.5. The normalized spacial score (nSPS) is 31.0. The summed E-state index contributed by atoms with van der Waals surface area (Å²) in [6.45, 7) is 0.717. The fourth-order valence-electron chi connectivity index (χ4n) is 4.98. The van der Waals surface area contributed by atoms with Gasteiger partial charge in [0.05, 0.1) is 5.41 Å². The molecule has 6 heteroatoms. The molecule has 3 amide bonds. The number of hydrogen-bond donors (Lipinski definition) is 0. The SMILES string of the molecule is CN1C(=O)CC(CC(=O)N2CC3CCCC2C3)(c2ccccc2F)C1=O. The molecule has 1 aromatic carbocycles. The van der Waals surface area contributed by atoms with E-state index in [0.29, 0.717) is 5.92 Å². The molecule has 0 radical (unpaired) electrons. The summed E-state index contributed by atoms with van der Waals surface area (Å²) in [5.74, 6) is -1.00. The number of carbonyl (C=O) groups excluding carboxylic acids is 3. The van der Waals surface area contributed by atoms with Gasteiger partial charge in [0.15, 0.2) is 0 Å². The van der Waals surface area contributed by atoms with Crippen LogP contribution in [0.5, 0.6) is 0 Å². The molecule has 1 aromatic rings. The van der Waals surface area contributed by atoms with Crippen molar-refractivity contribution in [1.29, 1.82) is 0 Å². The van der Waals surface area contributed by atoms with E-state index < -0.39 is 17.1 Å². The van der Waals surface area contributed by atoms with Crippen LogP contribution in [-0.2, 0) is 19.8 Å². The molecule has 2 aliphatic heterocycles. The largest absolute Gasteiger partial charge is 0.339 e. The van der Waals surface area contributed by atoms with Crippen LogP contribution in [0.3, 0.4) is 0 Å². The Morgan fingerprint density at radius 1 is 1.27 bits per heavy atom. The first-order chi connectivity index (χ1) is 12.4. The van der Waals surface area contributed by atoms with E-state index in [1.165, 1.54) is 19.2 Å². The lowest BCUT2D eigenvalue weighted by Crippen LogP contribution is -2.44. The lowest BCUT2D eigenvalue weighted by atomic mass is 9.75. The molecule has 0 spiro atoms. The zero-order chi connectivity index (χ0) is 18.5. The lowest BCUT2D eigenvalue weighted by molar-refractivity contribution is -0.141. The van der Waals surface area contributed by atoms with Gasteiger partial charge in [0.1, 0.15) is 5.82 Å². The van der Waals surface area contributed by atoms with Crippen molar-refractivity contribution in [2.45, 2.75) is 50.0 Å². The standard InChI is InChI=1S/C20H23FN2O3/c1-22-17(24)10-20(19(22)26,15-7-2-3-8-16(15)21)11-18(25)23-12-13-5-4-6-14(23)9-13/h2-3,7-8,13-14H,4-6,9-12H2,1H3. The maximum atomic E-state index is 14.5. The molecule has 2 heterocycles. The molecule has 0 aromatic heterocycles. The van der Waals surface area contributed by atoms with E-state index in [1.54, 1.807) is 12.1 Å². The van der Waals surface area contributed by atoms with Gasteiger partial charge in [0.2, 0.25) is 17.7 Å². The third kappa shape index (κ3) is 2.54. The average molecular weight is 358 g/mol. The second-order valence-corrected chi connectivity index (χ2v) is 7.91. The van der Waals surface area contributed by atoms with E-state index >= 15 is 0 Å². The summed E-state index contributed by atoms with van der Waals surface area (Å²) in [4.78, 5) is 41.2. The zero-order valence-electron chi connectivity index (χ0n) is 14.9. The van der Waals surface area contributed by atoms with Crippen LogP contribution >= 0.6 is 0 Å². The first-order valence-corrected chi connectivity index (χ1v) is 9.28. The predicted molar refractivity (Wildman–Crippen MR) is 92.5 cm³/mol. The summed E-state index contributed by atoms with van der Waals surface area (Å²) in [6.07, 6.45) is 3.96. The highest BCUT2D eigenvalue weighted by atomic mass is 19.1. The molecule has 4 rings (SSSR count). The van der Waals surface area contributed by atoms with E-state index in [0.717, 1.165) is 37.1 Å². The zero-order valence-corrected chi connectivity index (χ0v) is 14.9. The smallest absolute Gasteiger partial charge is 0.240 e. The van der Waals surface area contributed by atoms with Crippen molar-refractivity contribution >= 4 is 17.7 Å². The summed E-state index contributed by atoms with van der Waals surface area (Å²) >= 11 is 0. The number of rotatable bonds is 3. The van der Waals surface area contributed by atoms with Crippen molar-refractivity contribution < 1.29 is 18.8 Å². The van der Waals surface area contributed by atoms with E-state index in [-0.39, 0.29) is 36.3 Å². The summed E-state index contributed by atoms with van der Waals surface area (Å²) in [5.41, 5.74) is -1.27. The van der Waals surface area contributed by atoms with Gasteiger partial charge in [0.25, 0.3) is 0 Å². The maximum absolute atomic E-state index is 14.5. The minimum Gasteiger partial charge on any atom is -0.339 e. The number of benzene rings is 1. The van der Waals surface area contributed by atoms with Gasteiger partial charge < -0.3 is 4.90 Å². The molecule has 138 valence electrons. The van der Waals surface area contributed by atoms with Gasteiger partial charge in [-0.15, -0.1) is 0 Å². The number of imide groups is 1. The Bertz CT molecular complexity index is 780. The fourth-order valence-corrected chi connectivity index (χ4v) is 4.98. The van der Waals surface area contributed by atoms with Crippen LogP contribution in [0.15, 0.2) is 24.3 Å². The van der Waals surface area contributed by atoms with Crippen molar-refractivity contribution in [1.82, 2.24) is 9.80 Å². The maximum Gasteiger partial charge on any atom is 0.240 e. The number of amides is 3. The van der Waals surface area contributed by atoms with Gasteiger partial charge in [-0.05, 0) is 31.2 Å². The molecule has 3 unspecified atom stereocenters. The summed E-state index contributed by atoms with van der Waals surface area (Å²) in [5, 5.41) is 0. The molecule has 2 saturated heterocycles. The van der Waals surface area contributed by atoms with Crippen LogP contribution < -0.4 is 0 Å². The van der Waals surface area contributed by atoms with Crippen LogP contribution in [0.25, 0.3) is 0 Å². The highest BCUT2D eigenvalue weighted by Crippen LogP contribution is 2.43. The minimum atomic E-state index is -1.43. The Morgan fingerprint density at radius 2 is 2.04 bits per heavy atom. The van der Waals surface area contributed by atoms with Gasteiger partial charge in [-0.25, -0.2) is 4.39 Å². The molecular weight excluding hydrogens is 335 g/mol.